The van der Waals surface area contributed by atoms with Crippen LogP contribution in [-0.4, -0.2) is 36.6 Å². The summed E-state index contributed by atoms with van der Waals surface area (Å²) in [7, 11) is 0. The lowest BCUT2D eigenvalue weighted by atomic mass is 10.0. The molecule has 0 atom stereocenters. The summed E-state index contributed by atoms with van der Waals surface area (Å²) in [6, 6.07) is 5.99. The van der Waals surface area contributed by atoms with Crippen molar-refractivity contribution in [1.82, 2.24) is 24.7 Å². The first-order valence-corrected chi connectivity index (χ1v) is 10.4. The summed E-state index contributed by atoms with van der Waals surface area (Å²) in [6.07, 6.45) is 4.19. The number of nitrogens with zero attached hydrogens (tertiary/aromatic N) is 5. The third kappa shape index (κ3) is 4.47. The second-order valence-corrected chi connectivity index (χ2v) is 7.88. The Morgan fingerprint density at radius 3 is 2.76 bits per heavy atom. The molecule has 4 aromatic rings. The van der Waals surface area contributed by atoms with Crippen LogP contribution in [0.4, 0.5) is 24.8 Å². The van der Waals surface area contributed by atoms with Crippen molar-refractivity contribution in [2.45, 2.75) is 32.0 Å². The van der Waals surface area contributed by atoms with Gasteiger partial charge in [0.2, 0.25) is 5.76 Å². The van der Waals surface area contributed by atoms with Crippen molar-refractivity contribution < 1.29 is 22.5 Å². The van der Waals surface area contributed by atoms with Crippen LogP contribution in [0.3, 0.4) is 0 Å². The molecule has 1 saturated carbocycles. The molecule has 9 nitrogen and oxygen atoms in total. The summed E-state index contributed by atoms with van der Waals surface area (Å²) in [5.74, 6) is -1.54. The molecule has 1 fully saturated rings. The molecule has 1 aromatic carbocycles. The Bertz CT molecular complexity index is 1400. The third-order valence-corrected chi connectivity index (χ3v) is 5.26. The van der Waals surface area contributed by atoms with E-state index in [1.54, 1.807) is 41.4 Å². The van der Waals surface area contributed by atoms with Gasteiger partial charge in [-0.1, -0.05) is 11.2 Å². The van der Waals surface area contributed by atoms with E-state index in [-0.39, 0.29) is 11.4 Å². The average molecular weight is 469 g/mol. The van der Waals surface area contributed by atoms with E-state index < -0.39 is 17.8 Å². The Morgan fingerprint density at radius 1 is 1.21 bits per heavy atom. The van der Waals surface area contributed by atoms with Crippen LogP contribution in [0.25, 0.3) is 23.4 Å². The van der Waals surface area contributed by atoms with Crippen LogP contribution in [0.1, 0.15) is 40.1 Å². The van der Waals surface area contributed by atoms with E-state index in [1.165, 1.54) is 6.33 Å². The first-order chi connectivity index (χ1) is 16.3. The second kappa shape index (κ2) is 8.28. The molecule has 0 radical (unpaired) electrons. The number of halogens is 3. The van der Waals surface area contributed by atoms with Crippen LogP contribution in [-0.2, 0) is 6.18 Å². The molecule has 34 heavy (non-hydrogen) atoms. The number of benzene rings is 1. The maximum Gasteiger partial charge on any atom is 0.452 e. The van der Waals surface area contributed by atoms with Crippen LogP contribution in [0.2, 0.25) is 0 Å². The number of carbonyl (C=O) groups excluding carboxylic acids is 1. The zero-order valence-corrected chi connectivity index (χ0v) is 17.8. The van der Waals surface area contributed by atoms with E-state index in [0.717, 1.165) is 24.0 Å². The lowest BCUT2D eigenvalue weighted by Gasteiger charge is -2.06. The van der Waals surface area contributed by atoms with Crippen molar-refractivity contribution in [2.24, 2.45) is 0 Å². The summed E-state index contributed by atoms with van der Waals surface area (Å²) in [5, 5.41) is 8.89. The number of fused-ring (bicyclic) bond motifs is 1. The van der Waals surface area contributed by atoms with Crippen LogP contribution < -0.4 is 10.6 Å². The van der Waals surface area contributed by atoms with Crippen molar-refractivity contribution >= 4 is 41.0 Å². The van der Waals surface area contributed by atoms with Crippen LogP contribution in [0.15, 0.2) is 41.4 Å². The molecule has 3 heterocycles. The van der Waals surface area contributed by atoms with Gasteiger partial charge in [-0.3, -0.25) is 9.36 Å². The molecule has 1 aliphatic rings. The van der Waals surface area contributed by atoms with Crippen molar-refractivity contribution in [2.75, 3.05) is 10.6 Å². The van der Waals surface area contributed by atoms with E-state index in [1.807, 2.05) is 6.92 Å². The van der Waals surface area contributed by atoms with Gasteiger partial charge in [-0.15, -0.1) is 0 Å². The Hall–Kier alpha value is -4.22. The Balaban J connectivity index is 1.36. The number of hydrogen-bond donors (Lipinski definition) is 2. The number of carbonyl (C=O) groups is 1. The minimum Gasteiger partial charge on any atom is -0.365 e. The monoisotopic (exact) mass is 469 g/mol. The molecule has 0 aliphatic heterocycles. The third-order valence-electron chi connectivity index (χ3n) is 5.26. The molecular weight excluding hydrogens is 451 g/mol. The molecule has 1 amide bonds. The predicted octanol–water partition coefficient (Wildman–Crippen LogP) is 4.60. The zero-order chi connectivity index (χ0) is 23.9. The molecule has 174 valence electrons. The lowest BCUT2D eigenvalue weighted by molar-refractivity contribution is -0.155. The maximum absolute atomic E-state index is 12.7. The second-order valence-electron chi connectivity index (χ2n) is 7.88. The van der Waals surface area contributed by atoms with Crippen molar-refractivity contribution in [1.29, 1.82) is 0 Å². The Labute approximate surface area is 190 Å². The molecule has 12 heteroatoms. The molecule has 0 saturated heterocycles. The van der Waals surface area contributed by atoms with Gasteiger partial charge in [0, 0.05) is 23.9 Å². The highest BCUT2D eigenvalue weighted by atomic mass is 19.4. The molecule has 0 bridgehead atoms. The van der Waals surface area contributed by atoms with Crippen LogP contribution in [0, 0.1) is 6.92 Å². The number of hydrogen-bond acceptors (Lipinski definition) is 7. The van der Waals surface area contributed by atoms with Gasteiger partial charge < -0.3 is 15.2 Å². The normalized spacial score (nSPS) is 14.1. The predicted molar refractivity (Wildman–Crippen MR) is 118 cm³/mol. The van der Waals surface area contributed by atoms with Gasteiger partial charge in [0.15, 0.2) is 22.8 Å². The molecule has 3 aromatic heterocycles. The SMILES string of the molecule is Cc1ccc(C(=O)Nc2cc(C(F)(F)F)on2)cc1/C=C/n1cnc2c(NC3CC3)ncnc21. The number of aryl methyl sites for hydroxylation is 1. The zero-order valence-electron chi connectivity index (χ0n) is 17.8. The van der Waals surface area contributed by atoms with Gasteiger partial charge in [-0.2, -0.15) is 13.2 Å². The number of alkyl halides is 3. The van der Waals surface area contributed by atoms with E-state index in [0.29, 0.717) is 29.1 Å². The summed E-state index contributed by atoms with van der Waals surface area (Å²) in [4.78, 5) is 25.5. The van der Waals surface area contributed by atoms with Crippen LogP contribution >= 0.6 is 0 Å². The van der Waals surface area contributed by atoms with E-state index in [2.05, 4.69) is 35.3 Å². The van der Waals surface area contributed by atoms with Crippen molar-refractivity contribution in [3.63, 3.8) is 0 Å². The summed E-state index contributed by atoms with van der Waals surface area (Å²) >= 11 is 0. The highest BCUT2D eigenvalue weighted by Gasteiger charge is 2.36. The molecule has 1 aliphatic carbocycles. The molecule has 2 N–H and O–H groups in total. The minimum atomic E-state index is -4.69. The fourth-order valence-corrected chi connectivity index (χ4v) is 3.27. The van der Waals surface area contributed by atoms with Gasteiger partial charge in [0.25, 0.3) is 5.91 Å². The van der Waals surface area contributed by atoms with E-state index in [9.17, 15) is 18.0 Å². The van der Waals surface area contributed by atoms with Gasteiger partial charge in [0.05, 0.1) is 0 Å². The number of imidazole rings is 1. The van der Waals surface area contributed by atoms with E-state index in [4.69, 9.17) is 0 Å². The molecular formula is C22H18F3N7O2. The summed E-state index contributed by atoms with van der Waals surface area (Å²) in [6.45, 7) is 1.88. The smallest absolute Gasteiger partial charge is 0.365 e. The van der Waals surface area contributed by atoms with Crippen LogP contribution in [0.5, 0.6) is 0 Å². The Morgan fingerprint density at radius 2 is 2.03 bits per heavy atom. The van der Waals surface area contributed by atoms with Gasteiger partial charge in [0.1, 0.15) is 12.7 Å². The average Bonchev–Trinajstić information content (AvgIpc) is 3.30. The number of anilines is 2. The highest BCUT2D eigenvalue weighted by Crippen LogP contribution is 2.31. The number of nitrogens with one attached hydrogen (secondary N) is 2. The summed E-state index contributed by atoms with van der Waals surface area (Å²) < 4.78 is 44.0. The quantitative estimate of drug-likeness (QED) is 0.425. The Kier molecular flexibility index (Phi) is 5.27. The fourth-order valence-electron chi connectivity index (χ4n) is 3.27. The van der Waals surface area contributed by atoms with Crippen molar-refractivity contribution in [3.8, 4) is 0 Å². The van der Waals surface area contributed by atoms with Gasteiger partial charge in [-0.25, -0.2) is 15.0 Å². The molecule has 0 spiro atoms. The number of rotatable bonds is 6. The van der Waals surface area contributed by atoms with Gasteiger partial charge >= 0.3 is 6.18 Å². The topological polar surface area (TPSA) is 111 Å². The molecule has 5 rings (SSSR count). The standard InChI is InChI=1S/C22H18F3N7O2/c1-12-2-3-14(21(33)30-17-9-16(34-31-17)22(23,24)25)8-13(12)6-7-32-11-28-18-19(29-15-4-5-15)26-10-27-20(18)32/h2-3,6-11,15H,4-5H2,1H3,(H,26,27,29)(H,30,31,33)/b7-6+. The fraction of sp³-hybridized carbons (Fsp3) is 0.227. The number of aromatic nitrogens is 5. The number of amides is 1. The maximum atomic E-state index is 12.7. The minimum absolute atomic E-state index is 0.246. The highest BCUT2D eigenvalue weighted by molar-refractivity contribution is 6.04. The molecule has 0 unspecified atom stereocenters. The van der Waals surface area contributed by atoms with E-state index >= 15 is 0 Å². The first kappa shape index (κ1) is 21.6. The van der Waals surface area contributed by atoms with Gasteiger partial charge in [-0.05, 0) is 49.1 Å². The first-order valence-electron chi connectivity index (χ1n) is 10.4. The van der Waals surface area contributed by atoms with Crippen molar-refractivity contribution in [3.05, 3.63) is 59.4 Å². The summed E-state index contributed by atoms with van der Waals surface area (Å²) in [5.41, 5.74) is 3.16. The lowest BCUT2D eigenvalue weighted by Crippen LogP contribution is -2.12. The largest absolute Gasteiger partial charge is 0.452 e.